The van der Waals surface area contributed by atoms with Gasteiger partial charge in [0, 0.05) is 31.5 Å². The maximum atomic E-state index is 12.8. The highest BCUT2D eigenvalue weighted by molar-refractivity contribution is 5.90. The molecule has 0 saturated carbocycles. The van der Waals surface area contributed by atoms with Crippen LogP contribution in [-0.4, -0.2) is 51.2 Å². The van der Waals surface area contributed by atoms with E-state index in [4.69, 9.17) is 0 Å². The molecule has 0 fully saturated rings. The molecule has 35 heavy (non-hydrogen) atoms. The summed E-state index contributed by atoms with van der Waals surface area (Å²) in [5.41, 5.74) is 3.68. The lowest BCUT2D eigenvalue weighted by atomic mass is 10.0. The summed E-state index contributed by atoms with van der Waals surface area (Å²) in [5.74, 6) is -1.59. The Morgan fingerprint density at radius 3 is 2.37 bits per heavy atom. The number of hydrogen-bond acceptors (Lipinski definition) is 6. The summed E-state index contributed by atoms with van der Waals surface area (Å²) in [6.07, 6.45) is -0.0914. The average Bonchev–Trinajstić information content (AvgIpc) is 2.91. The van der Waals surface area contributed by atoms with Gasteiger partial charge < -0.3 is 20.4 Å². The molecule has 3 unspecified atom stereocenters. The molecule has 1 aromatic heterocycles. The number of amides is 2. The number of rotatable bonds is 9. The molecule has 1 heterocycles. The van der Waals surface area contributed by atoms with E-state index in [0.29, 0.717) is 12.0 Å². The zero-order valence-electron chi connectivity index (χ0n) is 19.6. The smallest absolute Gasteiger partial charge is 0.254 e. The van der Waals surface area contributed by atoms with Gasteiger partial charge in [0.05, 0.1) is 11.6 Å². The number of likely N-dealkylation sites (N-methyl/N-ethyl adjacent to an activating group) is 1. The number of aromatic nitrogens is 1. The number of nitrogens with zero attached hydrogens (tertiary/aromatic N) is 3. The fourth-order valence-corrected chi connectivity index (χ4v) is 3.88. The Morgan fingerprint density at radius 2 is 1.74 bits per heavy atom. The minimum absolute atomic E-state index is 0.0932. The number of hydrogen-bond donors (Lipinski definition) is 3. The highest BCUT2D eigenvalue weighted by atomic mass is 16.3. The molecule has 2 amide bonds. The maximum Gasteiger partial charge on any atom is 0.254 e. The van der Waals surface area contributed by atoms with Crippen molar-refractivity contribution >= 4 is 11.8 Å². The van der Waals surface area contributed by atoms with Crippen molar-refractivity contribution in [1.29, 1.82) is 5.26 Å². The molecular formula is C27H28N4O4. The summed E-state index contributed by atoms with van der Waals surface area (Å²) in [6, 6.07) is 20.1. The van der Waals surface area contributed by atoms with Crippen LogP contribution in [0, 0.1) is 11.3 Å². The van der Waals surface area contributed by atoms with Gasteiger partial charge in [0.2, 0.25) is 0 Å². The second-order valence-electron chi connectivity index (χ2n) is 8.12. The first-order chi connectivity index (χ1) is 16.9. The minimum Gasteiger partial charge on any atom is -0.380 e. The molecule has 8 heteroatoms. The molecule has 3 rings (SSSR count). The van der Waals surface area contributed by atoms with E-state index in [9.17, 15) is 25.1 Å². The number of aliphatic hydroxyl groups excluding tert-OH is 2. The molecule has 3 aromatic rings. The Hall–Kier alpha value is -4.06. The summed E-state index contributed by atoms with van der Waals surface area (Å²) in [7, 11) is 1.54. The van der Waals surface area contributed by atoms with E-state index in [2.05, 4.69) is 16.4 Å². The lowest BCUT2D eigenvalue weighted by Crippen LogP contribution is -2.50. The van der Waals surface area contributed by atoms with Crippen LogP contribution in [0.25, 0.3) is 11.1 Å². The van der Waals surface area contributed by atoms with Gasteiger partial charge in [-0.1, -0.05) is 61.5 Å². The summed E-state index contributed by atoms with van der Waals surface area (Å²) < 4.78 is 0. The minimum atomic E-state index is -1.91. The van der Waals surface area contributed by atoms with Crippen molar-refractivity contribution in [2.75, 3.05) is 7.05 Å². The van der Waals surface area contributed by atoms with Gasteiger partial charge in [-0.3, -0.25) is 14.6 Å². The SMILES string of the molecule is CCC(c1ccccc1)N(C)C(=O)C(O)C(O)C(=O)NCc1ccc(-c2ccncc2C#N)cc1. The van der Waals surface area contributed by atoms with Gasteiger partial charge in [-0.05, 0) is 29.2 Å². The lowest BCUT2D eigenvalue weighted by Gasteiger charge is -2.30. The Bertz CT molecular complexity index is 1190. The highest BCUT2D eigenvalue weighted by Gasteiger charge is 2.34. The van der Waals surface area contributed by atoms with Crippen LogP contribution in [0.1, 0.15) is 36.1 Å². The fourth-order valence-electron chi connectivity index (χ4n) is 3.88. The zero-order valence-corrected chi connectivity index (χ0v) is 19.6. The second-order valence-corrected chi connectivity index (χ2v) is 8.12. The van der Waals surface area contributed by atoms with Crippen molar-refractivity contribution in [2.24, 2.45) is 0 Å². The van der Waals surface area contributed by atoms with Crippen molar-refractivity contribution in [2.45, 2.75) is 38.1 Å². The largest absolute Gasteiger partial charge is 0.380 e. The van der Waals surface area contributed by atoms with Crippen molar-refractivity contribution in [1.82, 2.24) is 15.2 Å². The molecule has 0 saturated heterocycles. The van der Waals surface area contributed by atoms with Crippen LogP contribution in [0.4, 0.5) is 0 Å². The molecule has 0 aliphatic heterocycles. The molecule has 3 atom stereocenters. The van der Waals surface area contributed by atoms with Gasteiger partial charge in [0.15, 0.2) is 12.2 Å². The van der Waals surface area contributed by atoms with Gasteiger partial charge in [-0.25, -0.2) is 0 Å². The Morgan fingerprint density at radius 1 is 1.06 bits per heavy atom. The van der Waals surface area contributed by atoms with Gasteiger partial charge in [-0.15, -0.1) is 0 Å². The maximum absolute atomic E-state index is 12.8. The van der Waals surface area contributed by atoms with Crippen molar-refractivity contribution in [3.8, 4) is 17.2 Å². The predicted molar refractivity (Wildman–Crippen MR) is 130 cm³/mol. The van der Waals surface area contributed by atoms with E-state index >= 15 is 0 Å². The lowest BCUT2D eigenvalue weighted by molar-refractivity contribution is -0.153. The van der Waals surface area contributed by atoms with Crippen LogP contribution in [0.3, 0.4) is 0 Å². The number of nitriles is 1. The molecular weight excluding hydrogens is 444 g/mol. The molecule has 3 N–H and O–H groups in total. The van der Waals surface area contributed by atoms with Crippen molar-refractivity contribution in [3.63, 3.8) is 0 Å². The van der Waals surface area contributed by atoms with Crippen LogP contribution in [0.15, 0.2) is 73.1 Å². The molecule has 0 aliphatic carbocycles. The summed E-state index contributed by atoms with van der Waals surface area (Å²) in [6.45, 7) is 2.01. The number of aliphatic hydroxyl groups is 2. The van der Waals surface area contributed by atoms with Crippen molar-refractivity contribution in [3.05, 3.63) is 89.7 Å². The third-order valence-corrected chi connectivity index (χ3v) is 5.88. The second kappa shape index (κ2) is 11.9. The quantitative estimate of drug-likeness (QED) is 0.439. The Labute approximate surface area is 204 Å². The van der Waals surface area contributed by atoms with E-state index in [-0.39, 0.29) is 12.6 Å². The van der Waals surface area contributed by atoms with Gasteiger partial charge in [0.25, 0.3) is 11.8 Å². The van der Waals surface area contributed by atoms with Crippen LogP contribution in [0.5, 0.6) is 0 Å². The third-order valence-electron chi connectivity index (χ3n) is 5.88. The molecule has 0 spiro atoms. The van der Waals surface area contributed by atoms with E-state index in [0.717, 1.165) is 22.3 Å². The van der Waals surface area contributed by atoms with Gasteiger partial charge >= 0.3 is 0 Å². The Kier molecular flexibility index (Phi) is 8.68. The molecule has 0 aliphatic rings. The predicted octanol–water partition coefficient (Wildman–Crippen LogP) is 2.57. The fraction of sp³-hybridized carbons (Fsp3) is 0.259. The number of benzene rings is 2. The first-order valence-corrected chi connectivity index (χ1v) is 11.3. The molecule has 8 nitrogen and oxygen atoms in total. The first-order valence-electron chi connectivity index (χ1n) is 11.3. The van der Waals surface area contributed by atoms with E-state index in [1.165, 1.54) is 11.1 Å². The molecule has 0 radical (unpaired) electrons. The average molecular weight is 473 g/mol. The van der Waals surface area contributed by atoms with E-state index in [1.807, 2.05) is 49.4 Å². The number of pyridine rings is 1. The molecule has 180 valence electrons. The molecule has 0 bridgehead atoms. The summed E-state index contributed by atoms with van der Waals surface area (Å²) >= 11 is 0. The van der Waals surface area contributed by atoms with E-state index in [1.54, 1.807) is 31.4 Å². The first kappa shape index (κ1) is 25.6. The van der Waals surface area contributed by atoms with Gasteiger partial charge in [-0.2, -0.15) is 5.26 Å². The topological polar surface area (TPSA) is 127 Å². The van der Waals surface area contributed by atoms with E-state index < -0.39 is 24.0 Å². The number of carbonyl (C=O) groups excluding carboxylic acids is 2. The van der Waals surface area contributed by atoms with Gasteiger partial charge in [0.1, 0.15) is 6.07 Å². The Balaban J connectivity index is 1.59. The zero-order chi connectivity index (χ0) is 25.4. The standard InChI is InChI=1S/C27H28N4O4/c1-3-23(20-7-5-4-6-8-20)31(2)27(35)25(33)24(32)26(34)30-16-18-9-11-19(12-10-18)22-13-14-29-17-21(22)15-28/h4-14,17,23-25,32-33H,3,16H2,1-2H3,(H,30,34). The van der Waals surface area contributed by atoms with Crippen LogP contribution in [0.2, 0.25) is 0 Å². The van der Waals surface area contributed by atoms with Crippen LogP contribution < -0.4 is 5.32 Å². The van der Waals surface area contributed by atoms with Crippen LogP contribution >= 0.6 is 0 Å². The monoisotopic (exact) mass is 472 g/mol. The summed E-state index contributed by atoms with van der Waals surface area (Å²) in [4.78, 5) is 30.5. The normalized spacial score (nSPS) is 13.2. The third kappa shape index (κ3) is 6.09. The van der Waals surface area contributed by atoms with Crippen LogP contribution in [-0.2, 0) is 16.1 Å². The molecule has 2 aromatic carbocycles. The van der Waals surface area contributed by atoms with Crippen molar-refractivity contribution < 1.29 is 19.8 Å². The number of carbonyl (C=O) groups is 2. The highest BCUT2D eigenvalue weighted by Crippen LogP contribution is 2.24. The number of nitrogens with one attached hydrogen (secondary N) is 1. The summed E-state index contributed by atoms with van der Waals surface area (Å²) in [5, 5.41) is 32.5.